The zero-order valence-corrected chi connectivity index (χ0v) is 30.9. The SMILES string of the molecule is COCCNCCN(c1ccc2c(c1)C(=O)N(CC(=O)O[C@@H](Cc1c(Cl)c[n+](O)cc1Cl)c1ccc(OC(F)F)c(OCC3CC3)c1)C2=O)S(C)(=O)=O. The molecule has 0 bridgehead atoms. The third-order valence-electron chi connectivity index (χ3n) is 8.36. The lowest BCUT2D eigenvalue weighted by Crippen LogP contribution is -2.37. The molecule has 0 spiro atoms. The number of halogens is 4. The number of hydrogen-bond donors (Lipinski definition) is 2. The van der Waals surface area contributed by atoms with Crippen LogP contribution in [0.3, 0.4) is 0 Å². The standard InChI is InChI=1S/C34H37Cl2F2N4O10S/c1-49-12-10-39-9-11-42(53(2,47)48)22-6-7-23-24(14-22)33(45)41(32(23)44)18-31(43)51-29(15-25-26(35)16-40(46)17-27(25)36)21-5-8-28(52-34(37)38)30(13-21)50-19-20-3-4-20/h5-8,13-14,16-17,20,29,34,39,46H,3-4,9-12,15,18-19H2,1-2H3/q+1/t29-/m0/s1. The summed E-state index contributed by atoms with van der Waals surface area (Å²) in [6.07, 6.45) is 3.75. The summed E-state index contributed by atoms with van der Waals surface area (Å²) in [6.45, 7) is -2.52. The number of alkyl halides is 2. The summed E-state index contributed by atoms with van der Waals surface area (Å²) in [7, 11) is -2.26. The summed E-state index contributed by atoms with van der Waals surface area (Å²) in [5.41, 5.74) is 0.503. The molecule has 1 aliphatic heterocycles. The van der Waals surface area contributed by atoms with Gasteiger partial charge in [0.05, 0.1) is 36.3 Å². The minimum absolute atomic E-state index is 0.00829. The number of aromatic nitrogens is 1. The van der Waals surface area contributed by atoms with Crippen LogP contribution < -0.4 is 23.8 Å². The number of carbonyl (C=O) groups is 3. The smallest absolute Gasteiger partial charge is 0.387 e. The predicted octanol–water partition coefficient (Wildman–Crippen LogP) is 4.03. The van der Waals surface area contributed by atoms with E-state index in [1.807, 2.05) is 0 Å². The second-order valence-electron chi connectivity index (χ2n) is 12.3. The Morgan fingerprint density at radius 3 is 2.40 bits per heavy atom. The van der Waals surface area contributed by atoms with Gasteiger partial charge in [0.15, 0.2) is 11.5 Å². The highest BCUT2D eigenvalue weighted by Gasteiger charge is 2.38. The number of nitrogens with one attached hydrogen (secondary N) is 1. The number of amides is 2. The second kappa shape index (κ2) is 17.2. The number of nitrogens with zero attached hydrogens (tertiary/aromatic N) is 3. The molecule has 14 nitrogen and oxygen atoms in total. The van der Waals surface area contributed by atoms with Gasteiger partial charge in [0.2, 0.25) is 22.4 Å². The first-order chi connectivity index (χ1) is 25.2. The Morgan fingerprint density at radius 2 is 1.75 bits per heavy atom. The average molecular weight is 803 g/mol. The van der Waals surface area contributed by atoms with Crippen molar-refractivity contribution in [1.82, 2.24) is 10.2 Å². The topological polar surface area (TPSA) is 165 Å². The number of sulfonamides is 1. The number of pyridine rings is 1. The fraction of sp³-hybridized carbons (Fsp3) is 0.412. The van der Waals surface area contributed by atoms with Gasteiger partial charge in [0.25, 0.3) is 11.8 Å². The van der Waals surface area contributed by atoms with Crippen LogP contribution in [0.4, 0.5) is 14.5 Å². The van der Waals surface area contributed by atoms with Gasteiger partial charge < -0.3 is 24.3 Å². The van der Waals surface area contributed by atoms with Gasteiger partial charge in [-0.15, -0.1) is 0 Å². The van der Waals surface area contributed by atoms with Crippen molar-refractivity contribution in [1.29, 1.82) is 0 Å². The fourth-order valence-corrected chi connectivity index (χ4v) is 7.07. The van der Waals surface area contributed by atoms with E-state index in [1.54, 1.807) is 0 Å². The fourth-order valence-electron chi connectivity index (χ4n) is 5.54. The van der Waals surface area contributed by atoms with Gasteiger partial charge in [-0.25, -0.2) is 8.42 Å². The second-order valence-corrected chi connectivity index (χ2v) is 15.1. The Balaban J connectivity index is 1.38. The maximum atomic E-state index is 13.5. The first-order valence-corrected chi connectivity index (χ1v) is 18.9. The third kappa shape index (κ3) is 10.2. The van der Waals surface area contributed by atoms with E-state index >= 15 is 0 Å². The van der Waals surface area contributed by atoms with Crippen molar-refractivity contribution in [3.05, 3.63) is 81.1 Å². The molecule has 2 heterocycles. The molecule has 3 aromatic rings. The van der Waals surface area contributed by atoms with E-state index in [0.717, 1.165) is 35.8 Å². The van der Waals surface area contributed by atoms with Gasteiger partial charge in [-0.2, -0.15) is 8.78 Å². The molecule has 286 valence electrons. The van der Waals surface area contributed by atoms with Crippen LogP contribution in [0.25, 0.3) is 0 Å². The maximum absolute atomic E-state index is 13.5. The Hall–Kier alpha value is -4.29. The van der Waals surface area contributed by atoms with Crippen LogP contribution in [-0.4, -0.2) is 95.7 Å². The summed E-state index contributed by atoms with van der Waals surface area (Å²) in [5.74, 6) is -2.69. The zero-order chi connectivity index (χ0) is 38.4. The van der Waals surface area contributed by atoms with Gasteiger partial charge in [-0.3, -0.25) is 28.8 Å². The number of methoxy groups -OCH3 is 1. The minimum Gasteiger partial charge on any atom is -0.489 e. The largest absolute Gasteiger partial charge is 0.489 e. The lowest BCUT2D eigenvalue weighted by atomic mass is 10.0. The number of carbonyl (C=O) groups excluding carboxylic acids is 3. The van der Waals surface area contributed by atoms with Crippen molar-refractivity contribution >= 4 is 56.7 Å². The summed E-state index contributed by atoms with van der Waals surface area (Å²) >= 11 is 12.7. The molecule has 0 saturated heterocycles. The quantitative estimate of drug-likeness (QED) is 0.0592. The van der Waals surface area contributed by atoms with E-state index in [0.29, 0.717) is 22.8 Å². The van der Waals surface area contributed by atoms with E-state index in [1.165, 1.54) is 43.5 Å². The van der Waals surface area contributed by atoms with Gasteiger partial charge in [0, 0.05) is 43.5 Å². The average Bonchev–Trinajstić information content (AvgIpc) is 3.89. The van der Waals surface area contributed by atoms with Crippen molar-refractivity contribution in [2.75, 3.05) is 57.1 Å². The zero-order valence-electron chi connectivity index (χ0n) is 28.6. The van der Waals surface area contributed by atoms with Crippen LogP contribution in [0.15, 0.2) is 48.8 Å². The highest BCUT2D eigenvalue weighted by molar-refractivity contribution is 7.92. The Kier molecular flexibility index (Phi) is 13.0. The van der Waals surface area contributed by atoms with Gasteiger partial charge in [0.1, 0.15) is 22.7 Å². The number of esters is 1. The minimum atomic E-state index is -3.79. The first kappa shape index (κ1) is 39.9. The van der Waals surface area contributed by atoms with E-state index in [4.69, 9.17) is 37.4 Å². The predicted molar refractivity (Wildman–Crippen MR) is 186 cm³/mol. The summed E-state index contributed by atoms with van der Waals surface area (Å²) < 4.78 is 74.7. The van der Waals surface area contributed by atoms with E-state index in [9.17, 15) is 36.8 Å². The molecule has 1 atom stereocenters. The van der Waals surface area contributed by atoms with Gasteiger partial charge >= 0.3 is 12.6 Å². The first-order valence-electron chi connectivity index (χ1n) is 16.3. The molecule has 0 radical (unpaired) electrons. The molecule has 5 rings (SSSR count). The number of benzene rings is 2. The molecule has 2 N–H and O–H groups in total. The summed E-state index contributed by atoms with van der Waals surface area (Å²) in [5, 5.41) is 12.9. The molecule has 53 heavy (non-hydrogen) atoms. The molecule has 2 aromatic carbocycles. The lowest BCUT2D eigenvalue weighted by Gasteiger charge is -2.23. The maximum Gasteiger partial charge on any atom is 0.387 e. The summed E-state index contributed by atoms with van der Waals surface area (Å²) in [6, 6.07) is 7.97. The molecule has 1 aromatic heterocycles. The molecule has 19 heteroatoms. The van der Waals surface area contributed by atoms with Crippen molar-refractivity contribution in [3.8, 4) is 11.5 Å². The van der Waals surface area contributed by atoms with Crippen LogP contribution in [0.1, 0.15) is 50.8 Å². The van der Waals surface area contributed by atoms with Crippen molar-refractivity contribution < 1.29 is 60.5 Å². The number of rotatable bonds is 19. The van der Waals surface area contributed by atoms with E-state index < -0.39 is 47.1 Å². The monoisotopic (exact) mass is 801 g/mol. The lowest BCUT2D eigenvalue weighted by molar-refractivity contribution is -0.904. The molecule has 0 unspecified atom stereocenters. The van der Waals surface area contributed by atoms with E-state index in [-0.39, 0.29) is 81.5 Å². The number of imide groups is 1. The summed E-state index contributed by atoms with van der Waals surface area (Å²) in [4.78, 5) is 41.1. The van der Waals surface area contributed by atoms with Crippen LogP contribution >= 0.6 is 23.2 Å². The highest BCUT2D eigenvalue weighted by atomic mass is 35.5. The van der Waals surface area contributed by atoms with Crippen LogP contribution in [0.2, 0.25) is 10.0 Å². The molecule has 2 amide bonds. The number of fused-ring (bicyclic) bond motifs is 1. The van der Waals surface area contributed by atoms with Crippen LogP contribution in [0.5, 0.6) is 11.5 Å². The van der Waals surface area contributed by atoms with Crippen LogP contribution in [-0.2, 0) is 30.7 Å². The van der Waals surface area contributed by atoms with Gasteiger partial charge in [-0.1, -0.05) is 29.3 Å². The van der Waals surface area contributed by atoms with Gasteiger partial charge in [-0.05, 0) is 54.7 Å². The molecule has 1 saturated carbocycles. The normalized spacial score (nSPS) is 14.7. The van der Waals surface area contributed by atoms with Crippen molar-refractivity contribution in [2.24, 2.45) is 5.92 Å². The molecular formula is C34H37Cl2F2N4O10S+. The Bertz CT molecular complexity index is 1950. The van der Waals surface area contributed by atoms with Crippen molar-refractivity contribution in [2.45, 2.75) is 32.0 Å². The van der Waals surface area contributed by atoms with E-state index in [2.05, 4.69) is 10.1 Å². The molecular weight excluding hydrogens is 765 g/mol. The highest BCUT2D eigenvalue weighted by Crippen LogP contribution is 2.38. The number of ether oxygens (including phenoxy) is 4. The number of anilines is 1. The Labute approximate surface area is 314 Å². The number of hydrogen-bond acceptors (Lipinski definition) is 11. The molecule has 1 fully saturated rings. The Morgan fingerprint density at radius 1 is 1.06 bits per heavy atom. The molecule has 1 aliphatic carbocycles. The van der Waals surface area contributed by atoms with Crippen LogP contribution in [0, 0.1) is 5.92 Å². The molecule has 2 aliphatic rings. The third-order valence-corrected chi connectivity index (χ3v) is 10.2. The van der Waals surface area contributed by atoms with Crippen molar-refractivity contribution in [3.63, 3.8) is 0 Å².